The SMILES string of the molecule is CCCNC(=O)c1cc(-c2ccccc2)n(-c2ccccc2Cl)c1C. The van der Waals surface area contributed by atoms with E-state index in [0.29, 0.717) is 17.1 Å². The second-order valence-electron chi connectivity index (χ2n) is 5.94. The molecule has 3 nitrogen and oxygen atoms in total. The third kappa shape index (κ3) is 3.47. The minimum atomic E-state index is -0.0534. The third-order valence-corrected chi connectivity index (χ3v) is 4.51. The molecule has 3 rings (SSSR count). The number of hydrogen-bond acceptors (Lipinski definition) is 1. The van der Waals surface area contributed by atoms with Crippen LogP contribution in [-0.4, -0.2) is 17.0 Å². The van der Waals surface area contributed by atoms with Crippen LogP contribution in [0.4, 0.5) is 0 Å². The van der Waals surface area contributed by atoms with Gasteiger partial charge in [0.2, 0.25) is 0 Å². The van der Waals surface area contributed by atoms with Gasteiger partial charge in [0.15, 0.2) is 0 Å². The van der Waals surface area contributed by atoms with Gasteiger partial charge in [-0.3, -0.25) is 4.79 Å². The second kappa shape index (κ2) is 7.58. The monoisotopic (exact) mass is 352 g/mol. The van der Waals surface area contributed by atoms with Crippen molar-refractivity contribution in [3.8, 4) is 16.9 Å². The summed E-state index contributed by atoms with van der Waals surface area (Å²) in [5.74, 6) is -0.0534. The maximum absolute atomic E-state index is 12.6. The normalized spacial score (nSPS) is 10.7. The first-order valence-corrected chi connectivity index (χ1v) is 8.82. The molecule has 0 saturated carbocycles. The zero-order valence-electron chi connectivity index (χ0n) is 14.4. The standard InChI is InChI=1S/C21H21ClN2O/c1-3-13-23-21(25)17-14-20(16-9-5-4-6-10-16)24(15(17)2)19-12-8-7-11-18(19)22/h4-12,14H,3,13H2,1-2H3,(H,23,25). The van der Waals surface area contributed by atoms with E-state index in [1.54, 1.807) is 0 Å². The number of aromatic nitrogens is 1. The first-order valence-electron chi connectivity index (χ1n) is 8.44. The zero-order valence-corrected chi connectivity index (χ0v) is 15.2. The number of carbonyl (C=O) groups is 1. The minimum absolute atomic E-state index is 0.0534. The first kappa shape index (κ1) is 17.3. The molecule has 0 radical (unpaired) electrons. The first-order chi connectivity index (χ1) is 12.1. The summed E-state index contributed by atoms with van der Waals surface area (Å²) in [5.41, 5.74) is 4.41. The quantitative estimate of drug-likeness (QED) is 0.668. The van der Waals surface area contributed by atoms with Gasteiger partial charge < -0.3 is 9.88 Å². The Bertz CT molecular complexity index is 884. The highest BCUT2D eigenvalue weighted by Crippen LogP contribution is 2.32. The van der Waals surface area contributed by atoms with Crippen LogP contribution in [0.25, 0.3) is 16.9 Å². The summed E-state index contributed by atoms with van der Waals surface area (Å²) in [6.07, 6.45) is 0.904. The minimum Gasteiger partial charge on any atom is -0.352 e. The summed E-state index contributed by atoms with van der Waals surface area (Å²) < 4.78 is 2.05. The fourth-order valence-electron chi connectivity index (χ4n) is 2.94. The van der Waals surface area contributed by atoms with Gasteiger partial charge in [-0.15, -0.1) is 0 Å². The summed E-state index contributed by atoms with van der Waals surface area (Å²) in [7, 11) is 0. The van der Waals surface area contributed by atoms with Gasteiger partial charge in [0.05, 0.1) is 22.0 Å². The molecule has 1 amide bonds. The van der Waals surface area contributed by atoms with E-state index in [0.717, 1.165) is 29.1 Å². The van der Waals surface area contributed by atoms with Crippen LogP contribution < -0.4 is 5.32 Å². The highest BCUT2D eigenvalue weighted by Gasteiger charge is 2.20. The van der Waals surface area contributed by atoms with Crippen molar-refractivity contribution in [3.63, 3.8) is 0 Å². The molecule has 128 valence electrons. The van der Waals surface area contributed by atoms with E-state index in [1.165, 1.54) is 0 Å². The molecular formula is C21H21ClN2O. The van der Waals surface area contributed by atoms with Gasteiger partial charge in [-0.25, -0.2) is 0 Å². The molecule has 0 aliphatic carbocycles. The average Bonchev–Trinajstić information content (AvgIpc) is 2.98. The van der Waals surface area contributed by atoms with Crippen molar-refractivity contribution < 1.29 is 4.79 Å². The number of benzene rings is 2. The van der Waals surface area contributed by atoms with Crippen molar-refractivity contribution in [1.29, 1.82) is 0 Å². The van der Waals surface area contributed by atoms with Crippen molar-refractivity contribution in [1.82, 2.24) is 9.88 Å². The molecule has 1 aromatic heterocycles. The average molecular weight is 353 g/mol. The lowest BCUT2D eigenvalue weighted by Crippen LogP contribution is -2.24. The smallest absolute Gasteiger partial charge is 0.253 e. The number of carbonyl (C=O) groups excluding carboxylic acids is 1. The van der Waals surface area contributed by atoms with Crippen LogP contribution >= 0.6 is 11.6 Å². The maximum Gasteiger partial charge on any atom is 0.253 e. The Morgan fingerprint density at radius 3 is 2.44 bits per heavy atom. The van der Waals surface area contributed by atoms with Crippen molar-refractivity contribution >= 4 is 17.5 Å². The predicted molar refractivity (Wildman–Crippen MR) is 104 cm³/mol. The van der Waals surface area contributed by atoms with Crippen molar-refractivity contribution in [3.05, 3.63) is 76.9 Å². The molecule has 1 heterocycles. The van der Waals surface area contributed by atoms with Crippen molar-refractivity contribution in [2.45, 2.75) is 20.3 Å². The van der Waals surface area contributed by atoms with E-state index in [1.807, 2.05) is 74.5 Å². The molecule has 1 N–H and O–H groups in total. The molecule has 3 aromatic rings. The fourth-order valence-corrected chi connectivity index (χ4v) is 3.16. The number of nitrogens with one attached hydrogen (secondary N) is 1. The molecule has 0 fully saturated rings. The van der Waals surface area contributed by atoms with Crippen LogP contribution in [0, 0.1) is 6.92 Å². The lowest BCUT2D eigenvalue weighted by Gasteiger charge is -2.14. The Labute approximate surface area is 153 Å². The molecule has 0 atom stereocenters. The molecular weight excluding hydrogens is 332 g/mol. The Balaban J connectivity index is 2.20. The van der Waals surface area contributed by atoms with Crippen LogP contribution in [0.3, 0.4) is 0 Å². The van der Waals surface area contributed by atoms with Gasteiger partial charge in [0.1, 0.15) is 0 Å². The van der Waals surface area contributed by atoms with Crippen molar-refractivity contribution in [2.24, 2.45) is 0 Å². The summed E-state index contributed by atoms with van der Waals surface area (Å²) in [5, 5.41) is 3.61. The summed E-state index contributed by atoms with van der Waals surface area (Å²) in [6.45, 7) is 4.66. The van der Waals surface area contributed by atoms with E-state index >= 15 is 0 Å². The van der Waals surface area contributed by atoms with Crippen LogP contribution in [0.1, 0.15) is 29.4 Å². The summed E-state index contributed by atoms with van der Waals surface area (Å²) >= 11 is 6.44. The fraction of sp³-hybridized carbons (Fsp3) is 0.190. The molecule has 0 bridgehead atoms. The van der Waals surface area contributed by atoms with Gasteiger partial charge in [0, 0.05) is 12.2 Å². The Morgan fingerprint density at radius 2 is 1.76 bits per heavy atom. The van der Waals surface area contributed by atoms with E-state index in [4.69, 9.17) is 11.6 Å². The molecule has 25 heavy (non-hydrogen) atoms. The predicted octanol–water partition coefficient (Wildman–Crippen LogP) is 5.25. The highest BCUT2D eigenvalue weighted by atomic mass is 35.5. The van der Waals surface area contributed by atoms with Gasteiger partial charge in [-0.05, 0) is 37.1 Å². The number of amides is 1. The Morgan fingerprint density at radius 1 is 1.08 bits per heavy atom. The third-order valence-electron chi connectivity index (χ3n) is 4.19. The number of nitrogens with zero attached hydrogens (tertiary/aromatic N) is 1. The van der Waals surface area contributed by atoms with Crippen molar-refractivity contribution in [2.75, 3.05) is 6.54 Å². The largest absolute Gasteiger partial charge is 0.352 e. The lowest BCUT2D eigenvalue weighted by molar-refractivity contribution is 0.0953. The molecule has 4 heteroatoms. The van der Waals surface area contributed by atoms with E-state index in [9.17, 15) is 4.79 Å². The molecule has 0 aliphatic heterocycles. The topological polar surface area (TPSA) is 34.0 Å². The summed E-state index contributed by atoms with van der Waals surface area (Å²) in [6, 6.07) is 19.7. The Hall–Kier alpha value is -2.52. The van der Waals surface area contributed by atoms with Crippen LogP contribution in [0.5, 0.6) is 0 Å². The van der Waals surface area contributed by atoms with E-state index in [2.05, 4.69) is 9.88 Å². The molecule has 0 unspecified atom stereocenters. The summed E-state index contributed by atoms with van der Waals surface area (Å²) in [4.78, 5) is 12.6. The lowest BCUT2D eigenvalue weighted by atomic mass is 10.1. The van der Waals surface area contributed by atoms with Gasteiger partial charge >= 0.3 is 0 Å². The second-order valence-corrected chi connectivity index (χ2v) is 6.34. The highest BCUT2D eigenvalue weighted by molar-refractivity contribution is 6.32. The molecule has 0 saturated heterocycles. The van der Waals surface area contributed by atoms with E-state index in [-0.39, 0.29) is 5.91 Å². The number of hydrogen-bond donors (Lipinski definition) is 1. The molecule has 0 spiro atoms. The number of para-hydroxylation sites is 1. The van der Waals surface area contributed by atoms with Crippen LogP contribution in [0.2, 0.25) is 5.02 Å². The maximum atomic E-state index is 12.6. The van der Waals surface area contributed by atoms with Gasteiger partial charge in [-0.2, -0.15) is 0 Å². The number of rotatable bonds is 5. The van der Waals surface area contributed by atoms with Gasteiger partial charge in [0.25, 0.3) is 5.91 Å². The zero-order chi connectivity index (χ0) is 17.8. The van der Waals surface area contributed by atoms with Crippen LogP contribution in [0.15, 0.2) is 60.7 Å². The van der Waals surface area contributed by atoms with Crippen LogP contribution in [-0.2, 0) is 0 Å². The Kier molecular flexibility index (Phi) is 5.25. The van der Waals surface area contributed by atoms with E-state index < -0.39 is 0 Å². The van der Waals surface area contributed by atoms with Gasteiger partial charge in [-0.1, -0.05) is 61.0 Å². The molecule has 2 aromatic carbocycles. The number of halogens is 1. The molecule has 0 aliphatic rings.